The molecule has 3 nitrogen and oxygen atoms in total. The standard InChI is InChI=1S/C22H17N3/c1-3-9-17(10-4-1)16-24-21-14-8-7-13-19(21)20-15-23-25(22(20)24)18-11-5-2-6-12-18/h1-15H,16H2. The molecule has 3 heteroatoms. The van der Waals surface area contributed by atoms with E-state index in [0.29, 0.717) is 0 Å². The number of aromatic nitrogens is 3. The molecule has 0 saturated heterocycles. The second-order valence-corrected chi connectivity index (χ2v) is 6.22. The normalized spacial score (nSPS) is 11.4. The van der Waals surface area contributed by atoms with Gasteiger partial charge in [-0.3, -0.25) is 0 Å². The lowest BCUT2D eigenvalue weighted by molar-refractivity contribution is 0.804. The van der Waals surface area contributed by atoms with Gasteiger partial charge in [0.1, 0.15) is 5.65 Å². The second-order valence-electron chi connectivity index (χ2n) is 6.22. The van der Waals surface area contributed by atoms with Crippen LogP contribution in [0.5, 0.6) is 0 Å². The van der Waals surface area contributed by atoms with E-state index in [2.05, 4.69) is 76.4 Å². The van der Waals surface area contributed by atoms with E-state index in [-0.39, 0.29) is 0 Å². The number of para-hydroxylation sites is 2. The fourth-order valence-electron chi connectivity index (χ4n) is 3.53. The van der Waals surface area contributed by atoms with E-state index in [0.717, 1.165) is 17.9 Å². The molecule has 0 aliphatic rings. The summed E-state index contributed by atoms with van der Waals surface area (Å²) in [6.45, 7) is 0.823. The zero-order valence-electron chi connectivity index (χ0n) is 13.7. The van der Waals surface area contributed by atoms with Gasteiger partial charge >= 0.3 is 0 Å². The first-order valence-electron chi connectivity index (χ1n) is 8.46. The Hall–Kier alpha value is -3.33. The maximum Gasteiger partial charge on any atom is 0.145 e. The zero-order chi connectivity index (χ0) is 16.6. The highest BCUT2D eigenvalue weighted by molar-refractivity contribution is 6.07. The largest absolute Gasteiger partial charge is 0.321 e. The third-order valence-corrected chi connectivity index (χ3v) is 4.67. The van der Waals surface area contributed by atoms with Crippen LogP contribution in [0.25, 0.3) is 27.6 Å². The number of rotatable bonds is 3. The van der Waals surface area contributed by atoms with E-state index in [4.69, 9.17) is 0 Å². The van der Waals surface area contributed by atoms with E-state index >= 15 is 0 Å². The highest BCUT2D eigenvalue weighted by Crippen LogP contribution is 2.31. The fourth-order valence-corrected chi connectivity index (χ4v) is 3.53. The Morgan fingerprint density at radius 3 is 2.16 bits per heavy atom. The van der Waals surface area contributed by atoms with Crippen molar-refractivity contribution in [3.05, 3.63) is 96.7 Å². The third kappa shape index (κ3) is 2.24. The monoisotopic (exact) mass is 323 g/mol. The molecule has 0 bridgehead atoms. The number of hydrogen-bond donors (Lipinski definition) is 0. The van der Waals surface area contributed by atoms with E-state index in [1.807, 2.05) is 29.1 Å². The van der Waals surface area contributed by atoms with Crippen molar-refractivity contribution in [2.24, 2.45) is 0 Å². The highest BCUT2D eigenvalue weighted by atomic mass is 15.3. The molecule has 0 fully saturated rings. The van der Waals surface area contributed by atoms with Gasteiger partial charge in [0.05, 0.1) is 17.4 Å². The van der Waals surface area contributed by atoms with Gasteiger partial charge in [-0.2, -0.15) is 5.10 Å². The Bertz CT molecular complexity index is 1150. The molecule has 3 aromatic carbocycles. The Labute approximate surface area is 145 Å². The van der Waals surface area contributed by atoms with Gasteiger partial charge in [0.15, 0.2) is 0 Å². The first-order chi connectivity index (χ1) is 12.4. The van der Waals surface area contributed by atoms with Crippen LogP contribution in [0, 0.1) is 0 Å². The summed E-state index contributed by atoms with van der Waals surface area (Å²) in [4.78, 5) is 0. The van der Waals surface area contributed by atoms with Crippen LogP contribution in [0.3, 0.4) is 0 Å². The lowest BCUT2D eigenvalue weighted by Crippen LogP contribution is -2.05. The van der Waals surface area contributed by atoms with Gasteiger partial charge in [0.25, 0.3) is 0 Å². The molecular weight excluding hydrogens is 306 g/mol. The van der Waals surface area contributed by atoms with Crippen molar-refractivity contribution in [3.8, 4) is 5.69 Å². The average molecular weight is 323 g/mol. The summed E-state index contributed by atoms with van der Waals surface area (Å²) in [5, 5.41) is 7.11. The van der Waals surface area contributed by atoms with Crippen molar-refractivity contribution in [3.63, 3.8) is 0 Å². The minimum Gasteiger partial charge on any atom is -0.321 e. The molecule has 5 rings (SSSR count). The lowest BCUT2D eigenvalue weighted by atomic mass is 10.2. The number of hydrogen-bond acceptors (Lipinski definition) is 1. The van der Waals surface area contributed by atoms with Crippen LogP contribution >= 0.6 is 0 Å². The van der Waals surface area contributed by atoms with Crippen LogP contribution in [-0.4, -0.2) is 14.3 Å². The maximum absolute atomic E-state index is 4.67. The van der Waals surface area contributed by atoms with E-state index in [1.54, 1.807) is 0 Å². The van der Waals surface area contributed by atoms with Gasteiger partial charge in [-0.25, -0.2) is 4.68 Å². The molecule has 2 aromatic heterocycles. The quantitative estimate of drug-likeness (QED) is 0.457. The van der Waals surface area contributed by atoms with E-state index in [1.165, 1.54) is 21.9 Å². The van der Waals surface area contributed by atoms with Gasteiger partial charge in [0.2, 0.25) is 0 Å². The van der Waals surface area contributed by atoms with Gasteiger partial charge in [-0.15, -0.1) is 0 Å². The maximum atomic E-state index is 4.67. The van der Waals surface area contributed by atoms with Crippen LogP contribution in [0.1, 0.15) is 5.56 Å². The predicted octanol–water partition coefficient (Wildman–Crippen LogP) is 5.03. The smallest absolute Gasteiger partial charge is 0.145 e. The molecule has 5 aromatic rings. The highest BCUT2D eigenvalue weighted by Gasteiger charge is 2.16. The fraction of sp³-hybridized carbons (Fsp3) is 0.0455. The van der Waals surface area contributed by atoms with Crippen molar-refractivity contribution in [2.75, 3.05) is 0 Å². The van der Waals surface area contributed by atoms with E-state index in [9.17, 15) is 0 Å². The Balaban J connectivity index is 1.82. The molecule has 0 amide bonds. The predicted molar refractivity (Wildman–Crippen MR) is 102 cm³/mol. The van der Waals surface area contributed by atoms with Gasteiger partial charge in [-0.05, 0) is 23.8 Å². The van der Waals surface area contributed by atoms with E-state index < -0.39 is 0 Å². The SMILES string of the molecule is c1ccc(Cn2c3ccccc3c3cnn(-c4ccccc4)c32)cc1. The molecule has 0 aliphatic carbocycles. The minimum absolute atomic E-state index is 0.823. The van der Waals surface area contributed by atoms with Crippen molar-refractivity contribution in [1.82, 2.24) is 14.3 Å². The summed E-state index contributed by atoms with van der Waals surface area (Å²) in [6.07, 6.45) is 1.98. The van der Waals surface area contributed by atoms with Crippen LogP contribution < -0.4 is 0 Å². The third-order valence-electron chi connectivity index (χ3n) is 4.67. The minimum atomic E-state index is 0.823. The number of benzene rings is 3. The zero-order valence-corrected chi connectivity index (χ0v) is 13.7. The Kier molecular flexibility index (Phi) is 3.17. The molecular formula is C22H17N3. The van der Waals surface area contributed by atoms with Crippen LogP contribution in [-0.2, 0) is 6.54 Å². The molecule has 2 heterocycles. The summed E-state index contributed by atoms with van der Waals surface area (Å²) < 4.78 is 4.40. The molecule has 0 spiro atoms. The summed E-state index contributed by atoms with van der Waals surface area (Å²) in [5.41, 5.74) is 4.74. The molecule has 0 radical (unpaired) electrons. The first-order valence-corrected chi connectivity index (χ1v) is 8.46. The van der Waals surface area contributed by atoms with Gasteiger partial charge in [-0.1, -0.05) is 66.7 Å². The summed E-state index contributed by atoms with van der Waals surface area (Å²) in [5.74, 6) is 0. The van der Waals surface area contributed by atoms with Gasteiger partial charge < -0.3 is 4.57 Å². The molecule has 120 valence electrons. The van der Waals surface area contributed by atoms with Gasteiger partial charge in [0, 0.05) is 17.3 Å². The molecule has 25 heavy (non-hydrogen) atoms. The number of nitrogens with zero attached hydrogens (tertiary/aromatic N) is 3. The van der Waals surface area contributed by atoms with Crippen molar-refractivity contribution in [1.29, 1.82) is 0 Å². The summed E-state index contributed by atoms with van der Waals surface area (Å²) in [6, 6.07) is 29.5. The van der Waals surface area contributed by atoms with Crippen LogP contribution in [0.4, 0.5) is 0 Å². The topological polar surface area (TPSA) is 22.8 Å². The molecule has 0 unspecified atom stereocenters. The lowest BCUT2D eigenvalue weighted by Gasteiger charge is -2.10. The molecule has 0 saturated carbocycles. The Morgan fingerprint density at radius 2 is 1.36 bits per heavy atom. The number of fused-ring (bicyclic) bond motifs is 3. The van der Waals surface area contributed by atoms with Crippen LogP contribution in [0.2, 0.25) is 0 Å². The molecule has 0 atom stereocenters. The first kappa shape index (κ1) is 14.1. The van der Waals surface area contributed by atoms with Crippen molar-refractivity contribution >= 4 is 21.9 Å². The average Bonchev–Trinajstić information content (AvgIpc) is 3.24. The Morgan fingerprint density at radius 1 is 0.680 bits per heavy atom. The second kappa shape index (κ2) is 5.64. The molecule has 0 N–H and O–H groups in total. The summed E-state index contributed by atoms with van der Waals surface area (Å²) >= 11 is 0. The van der Waals surface area contributed by atoms with Crippen molar-refractivity contribution < 1.29 is 0 Å². The summed E-state index contributed by atoms with van der Waals surface area (Å²) in [7, 11) is 0. The van der Waals surface area contributed by atoms with Crippen molar-refractivity contribution in [2.45, 2.75) is 6.54 Å². The molecule has 0 aliphatic heterocycles. The van der Waals surface area contributed by atoms with Crippen LogP contribution in [0.15, 0.2) is 91.1 Å².